The Morgan fingerprint density at radius 3 is 2.38 bits per heavy atom. The van der Waals surface area contributed by atoms with Gasteiger partial charge < -0.3 is 4.84 Å². The Kier molecular flexibility index (Phi) is 3.37. The average Bonchev–Trinajstić information content (AvgIpc) is 2.89. The van der Waals surface area contributed by atoms with E-state index in [2.05, 4.69) is 44.1 Å². The third-order valence-corrected chi connectivity index (χ3v) is 4.17. The molecule has 3 rings (SSSR count). The molecule has 0 bridgehead atoms. The molecule has 0 saturated carbocycles. The van der Waals surface area contributed by atoms with Gasteiger partial charge in [0, 0.05) is 0 Å². The van der Waals surface area contributed by atoms with Gasteiger partial charge in [-0.3, -0.25) is 0 Å². The smallest absolute Gasteiger partial charge is 0.142 e. The van der Waals surface area contributed by atoms with Crippen LogP contribution in [0.25, 0.3) is 11.0 Å². The Morgan fingerprint density at radius 1 is 1.00 bits per heavy atom. The van der Waals surface area contributed by atoms with Crippen LogP contribution in [0.4, 0.5) is 0 Å². The summed E-state index contributed by atoms with van der Waals surface area (Å²) in [5.41, 5.74) is 8.10. The first kappa shape index (κ1) is 13.6. The molecule has 3 aromatic rings. The van der Waals surface area contributed by atoms with E-state index < -0.39 is 0 Å². The number of fused-ring (bicyclic) bond motifs is 1. The lowest BCUT2D eigenvalue weighted by Crippen LogP contribution is -2.15. The standard InChI is InChI=1S/C17H19N3O/c1-11-9-12(2)14(4)15(13(11)3)10-21-20-17-8-6-5-7-16(17)18-19-20/h5-9H,10H2,1-4H3. The molecule has 0 saturated heterocycles. The third-order valence-electron chi connectivity index (χ3n) is 4.17. The fraction of sp³-hybridized carbons (Fsp3) is 0.294. The summed E-state index contributed by atoms with van der Waals surface area (Å²) in [4.78, 5) is 7.37. The lowest BCUT2D eigenvalue weighted by molar-refractivity contribution is 0.0745. The van der Waals surface area contributed by atoms with E-state index in [-0.39, 0.29) is 0 Å². The van der Waals surface area contributed by atoms with Crippen molar-refractivity contribution in [2.75, 3.05) is 0 Å². The van der Waals surface area contributed by atoms with Gasteiger partial charge in [0.15, 0.2) is 0 Å². The highest BCUT2D eigenvalue weighted by Crippen LogP contribution is 2.22. The highest BCUT2D eigenvalue weighted by Gasteiger charge is 2.10. The summed E-state index contributed by atoms with van der Waals surface area (Å²) >= 11 is 0. The molecular formula is C17H19N3O. The summed E-state index contributed by atoms with van der Waals surface area (Å²) in [6.45, 7) is 9.04. The van der Waals surface area contributed by atoms with Gasteiger partial charge >= 0.3 is 0 Å². The first-order valence-corrected chi connectivity index (χ1v) is 7.08. The molecule has 0 radical (unpaired) electrons. The van der Waals surface area contributed by atoms with E-state index in [4.69, 9.17) is 4.84 Å². The predicted molar refractivity (Wildman–Crippen MR) is 83.2 cm³/mol. The van der Waals surface area contributed by atoms with Gasteiger partial charge in [0.1, 0.15) is 17.6 Å². The first-order valence-electron chi connectivity index (χ1n) is 7.08. The van der Waals surface area contributed by atoms with Crippen molar-refractivity contribution >= 4 is 11.0 Å². The van der Waals surface area contributed by atoms with Gasteiger partial charge in [0.2, 0.25) is 0 Å². The van der Waals surface area contributed by atoms with Gasteiger partial charge in [-0.15, -0.1) is 5.10 Å². The maximum Gasteiger partial charge on any atom is 0.142 e. The van der Waals surface area contributed by atoms with Crippen LogP contribution in [0.2, 0.25) is 0 Å². The van der Waals surface area contributed by atoms with Crippen molar-refractivity contribution in [3.8, 4) is 0 Å². The molecule has 0 fully saturated rings. The van der Waals surface area contributed by atoms with E-state index in [1.54, 1.807) is 0 Å². The summed E-state index contributed by atoms with van der Waals surface area (Å²) in [5, 5.41) is 8.16. The molecule has 1 aromatic heterocycles. The SMILES string of the molecule is Cc1cc(C)c(C)c(COn2nnc3ccccc32)c1C. The molecule has 0 atom stereocenters. The molecule has 0 spiro atoms. The summed E-state index contributed by atoms with van der Waals surface area (Å²) < 4.78 is 0. The lowest BCUT2D eigenvalue weighted by Gasteiger charge is -2.15. The van der Waals surface area contributed by atoms with Crippen molar-refractivity contribution in [3.05, 3.63) is 58.1 Å². The van der Waals surface area contributed by atoms with Crippen LogP contribution in [0, 0.1) is 27.7 Å². The second-order valence-corrected chi connectivity index (χ2v) is 5.46. The largest absolute Gasteiger partial charge is 0.390 e. The third kappa shape index (κ3) is 2.37. The molecule has 0 unspecified atom stereocenters. The lowest BCUT2D eigenvalue weighted by atomic mass is 9.95. The second-order valence-electron chi connectivity index (χ2n) is 5.46. The minimum absolute atomic E-state index is 0.494. The van der Waals surface area contributed by atoms with Gasteiger partial charge in [0.25, 0.3) is 0 Å². The van der Waals surface area contributed by atoms with Crippen LogP contribution in [-0.2, 0) is 6.61 Å². The number of para-hydroxylation sites is 1. The first-order chi connectivity index (χ1) is 10.1. The summed E-state index contributed by atoms with van der Waals surface area (Å²) in [6, 6.07) is 10.0. The maximum absolute atomic E-state index is 5.86. The zero-order valence-electron chi connectivity index (χ0n) is 12.8. The summed E-state index contributed by atoms with van der Waals surface area (Å²) in [7, 11) is 0. The van der Waals surface area contributed by atoms with Crippen molar-refractivity contribution in [2.24, 2.45) is 0 Å². The minimum Gasteiger partial charge on any atom is -0.390 e. The quantitative estimate of drug-likeness (QED) is 0.739. The molecule has 0 aliphatic carbocycles. The number of rotatable bonds is 3. The van der Waals surface area contributed by atoms with E-state index in [1.165, 1.54) is 32.7 Å². The number of benzene rings is 2. The number of aryl methyl sites for hydroxylation is 2. The van der Waals surface area contributed by atoms with E-state index in [9.17, 15) is 0 Å². The molecule has 4 nitrogen and oxygen atoms in total. The van der Waals surface area contributed by atoms with E-state index >= 15 is 0 Å². The topological polar surface area (TPSA) is 39.9 Å². The predicted octanol–water partition coefficient (Wildman–Crippen LogP) is 3.29. The molecule has 4 heteroatoms. The summed E-state index contributed by atoms with van der Waals surface area (Å²) in [5.74, 6) is 0. The molecule has 0 amide bonds. The fourth-order valence-electron chi connectivity index (χ4n) is 2.58. The van der Waals surface area contributed by atoms with Crippen molar-refractivity contribution in [3.63, 3.8) is 0 Å². The van der Waals surface area contributed by atoms with E-state index in [0.717, 1.165) is 11.0 Å². The molecular weight excluding hydrogens is 262 g/mol. The molecule has 21 heavy (non-hydrogen) atoms. The number of aromatic nitrogens is 3. The van der Waals surface area contributed by atoms with Gasteiger partial charge in [-0.05, 0) is 72.9 Å². The van der Waals surface area contributed by atoms with E-state index in [0.29, 0.717) is 6.61 Å². The molecule has 2 aromatic carbocycles. The van der Waals surface area contributed by atoms with Crippen LogP contribution in [0.1, 0.15) is 27.8 Å². The van der Waals surface area contributed by atoms with Crippen molar-refractivity contribution in [1.29, 1.82) is 0 Å². The minimum atomic E-state index is 0.494. The van der Waals surface area contributed by atoms with Gasteiger partial charge in [-0.2, -0.15) is 0 Å². The van der Waals surface area contributed by atoms with Gasteiger partial charge in [0.05, 0.1) is 0 Å². The van der Waals surface area contributed by atoms with Crippen molar-refractivity contribution < 1.29 is 4.84 Å². The highest BCUT2D eigenvalue weighted by atomic mass is 16.7. The Bertz CT molecular complexity index is 779. The van der Waals surface area contributed by atoms with Crippen molar-refractivity contribution in [2.45, 2.75) is 34.3 Å². The molecule has 108 valence electrons. The molecule has 0 aliphatic heterocycles. The number of hydrogen-bond acceptors (Lipinski definition) is 3. The Hall–Kier alpha value is -2.36. The van der Waals surface area contributed by atoms with E-state index in [1.807, 2.05) is 24.3 Å². The normalized spacial score (nSPS) is 11.0. The van der Waals surface area contributed by atoms with Gasteiger partial charge in [-0.1, -0.05) is 23.0 Å². The zero-order chi connectivity index (χ0) is 15.0. The highest BCUT2D eigenvalue weighted by molar-refractivity contribution is 5.73. The molecule has 0 N–H and O–H groups in total. The maximum atomic E-state index is 5.86. The molecule has 1 heterocycles. The Balaban J connectivity index is 1.92. The van der Waals surface area contributed by atoms with Crippen LogP contribution in [0.5, 0.6) is 0 Å². The number of nitrogens with zero attached hydrogens (tertiary/aromatic N) is 3. The van der Waals surface area contributed by atoms with Crippen LogP contribution < -0.4 is 4.84 Å². The Labute approximate surface area is 124 Å². The van der Waals surface area contributed by atoms with Crippen molar-refractivity contribution in [1.82, 2.24) is 15.2 Å². The Morgan fingerprint density at radius 2 is 1.67 bits per heavy atom. The van der Waals surface area contributed by atoms with Crippen LogP contribution in [0.3, 0.4) is 0 Å². The zero-order valence-corrected chi connectivity index (χ0v) is 12.8. The summed E-state index contributed by atoms with van der Waals surface area (Å²) in [6.07, 6.45) is 0. The average molecular weight is 281 g/mol. The second kappa shape index (κ2) is 5.20. The van der Waals surface area contributed by atoms with Crippen LogP contribution in [0.15, 0.2) is 30.3 Å². The van der Waals surface area contributed by atoms with Crippen LogP contribution >= 0.6 is 0 Å². The number of hydrogen-bond donors (Lipinski definition) is 0. The fourth-order valence-corrected chi connectivity index (χ4v) is 2.58. The van der Waals surface area contributed by atoms with Crippen LogP contribution in [-0.4, -0.2) is 15.2 Å². The van der Waals surface area contributed by atoms with Gasteiger partial charge in [-0.25, -0.2) is 0 Å². The monoisotopic (exact) mass is 281 g/mol. The molecule has 0 aliphatic rings.